The molecule has 3 rings (SSSR count). The molecule has 0 unspecified atom stereocenters. The van der Waals surface area contributed by atoms with Gasteiger partial charge in [-0.1, -0.05) is 18.2 Å². The van der Waals surface area contributed by atoms with E-state index in [1.165, 1.54) is 29.3 Å². The van der Waals surface area contributed by atoms with Crippen LogP contribution in [0.4, 0.5) is 22.4 Å². The molecule has 37 heavy (non-hydrogen) atoms. The summed E-state index contributed by atoms with van der Waals surface area (Å²) in [4.78, 5) is 31.4. The van der Waals surface area contributed by atoms with Crippen molar-refractivity contribution in [2.45, 2.75) is 77.1 Å². The van der Waals surface area contributed by atoms with Gasteiger partial charge in [0.15, 0.2) is 0 Å². The number of aromatic nitrogens is 1. The van der Waals surface area contributed by atoms with E-state index < -0.39 is 54.0 Å². The Morgan fingerprint density at radius 2 is 1.78 bits per heavy atom. The van der Waals surface area contributed by atoms with E-state index in [4.69, 9.17) is 9.47 Å². The molecule has 0 radical (unpaired) electrons. The average Bonchev–Trinajstić information content (AvgIpc) is 3.01. The predicted octanol–water partition coefficient (Wildman–Crippen LogP) is 5.04. The highest BCUT2D eigenvalue weighted by molar-refractivity contribution is 5.95. The molecule has 11 heteroatoms. The normalized spacial score (nSPS) is 19.5. The minimum absolute atomic E-state index is 0.0164. The summed E-state index contributed by atoms with van der Waals surface area (Å²) in [5, 5.41) is 1.85. The first-order valence-electron chi connectivity index (χ1n) is 11.8. The van der Waals surface area contributed by atoms with Crippen LogP contribution in [-0.2, 0) is 22.3 Å². The van der Waals surface area contributed by atoms with Gasteiger partial charge in [-0.25, -0.2) is 9.18 Å². The van der Waals surface area contributed by atoms with Crippen LogP contribution in [0.15, 0.2) is 42.6 Å². The lowest BCUT2D eigenvalue weighted by atomic mass is 9.95. The number of hydrogen-bond acceptors (Lipinski definition) is 5. The fourth-order valence-electron chi connectivity index (χ4n) is 4.30. The molecular weight excluding hydrogens is 494 g/mol. The van der Waals surface area contributed by atoms with Crippen molar-refractivity contribution in [2.24, 2.45) is 0 Å². The standard InChI is InChI=1S/C26H31F4N3O4/c1-24(2,3)37-23(35)33-20(13-16-9-6-7-11-18(16)27)21(36-25(33,4)5)14-19-17(10-8-12-31-19)22(34)32-15-26(28,29)30/h6-12,20-21H,13-15H2,1-5H3,(H,32,34)/t20-,21+/m1/s1. The van der Waals surface area contributed by atoms with Gasteiger partial charge in [-0.3, -0.25) is 14.7 Å². The van der Waals surface area contributed by atoms with Gasteiger partial charge in [0.1, 0.15) is 23.7 Å². The van der Waals surface area contributed by atoms with E-state index in [0.29, 0.717) is 5.56 Å². The van der Waals surface area contributed by atoms with Crippen molar-refractivity contribution in [3.05, 3.63) is 65.2 Å². The van der Waals surface area contributed by atoms with E-state index in [2.05, 4.69) is 4.98 Å². The highest BCUT2D eigenvalue weighted by Crippen LogP contribution is 2.37. The number of carbonyl (C=O) groups excluding carboxylic acids is 2. The van der Waals surface area contributed by atoms with Gasteiger partial charge in [-0.05, 0) is 64.8 Å². The second kappa shape index (κ2) is 10.6. The Kier molecular flexibility index (Phi) is 8.16. The molecular formula is C26H31F4N3O4. The van der Waals surface area contributed by atoms with Crippen LogP contribution in [-0.4, -0.2) is 58.1 Å². The SMILES string of the molecule is CC(C)(C)OC(=O)N1[C@H](Cc2ccccc2F)[C@H](Cc2ncccc2C(=O)NCC(F)(F)F)OC1(C)C. The van der Waals surface area contributed by atoms with Gasteiger partial charge in [-0.2, -0.15) is 13.2 Å². The van der Waals surface area contributed by atoms with E-state index in [1.807, 2.05) is 5.32 Å². The summed E-state index contributed by atoms with van der Waals surface area (Å²) >= 11 is 0. The lowest BCUT2D eigenvalue weighted by molar-refractivity contribution is -0.123. The molecule has 1 aromatic heterocycles. The third-order valence-electron chi connectivity index (χ3n) is 5.74. The van der Waals surface area contributed by atoms with Crippen molar-refractivity contribution in [3.63, 3.8) is 0 Å². The van der Waals surface area contributed by atoms with E-state index >= 15 is 0 Å². The molecule has 2 heterocycles. The average molecular weight is 526 g/mol. The zero-order valence-corrected chi connectivity index (χ0v) is 21.4. The summed E-state index contributed by atoms with van der Waals surface area (Å²) in [6, 6.07) is 8.22. The quantitative estimate of drug-likeness (QED) is 0.535. The zero-order chi connectivity index (χ0) is 27.6. The highest BCUT2D eigenvalue weighted by Gasteiger charge is 2.51. The largest absolute Gasteiger partial charge is 0.444 e. The lowest BCUT2D eigenvalue weighted by Gasteiger charge is -2.35. The molecule has 0 spiro atoms. The molecule has 1 aromatic carbocycles. The van der Waals surface area contributed by atoms with Crippen LogP contribution >= 0.6 is 0 Å². The molecule has 2 amide bonds. The number of nitrogens with zero attached hydrogens (tertiary/aromatic N) is 2. The van der Waals surface area contributed by atoms with Crippen LogP contribution in [0, 0.1) is 5.82 Å². The van der Waals surface area contributed by atoms with Crippen LogP contribution < -0.4 is 5.32 Å². The van der Waals surface area contributed by atoms with Gasteiger partial charge in [0.2, 0.25) is 0 Å². The predicted molar refractivity (Wildman–Crippen MR) is 127 cm³/mol. The van der Waals surface area contributed by atoms with Crippen molar-refractivity contribution in [2.75, 3.05) is 6.54 Å². The van der Waals surface area contributed by atoms with Crippen LogP contribution in [0.2, 0.25) is 0 Å². The van der Waals surface area contributed by atoms with Gasteiger partial charge in [0.25, 0.3) is 5.91 Å². The van der Waals surface area contributed by atoms with Gasteiger partial charge in [0.05, 0.1) is 23.4 Å². The molecule has 0 bridgehead atoms. The number of benzene rings is 1. The van der Waals surface area contributed by atoms with E-state index in [1.54, 1.807) is 52.8 Å². The van der Waals surface area contributed by atoms with Gasteiger partial charge in [-0.15, -0.1) is 0 Å². The van der Waals surface area contributed by atoms with Gasteiger partial charge < -0.3 is 14.8 Å². The summed E-state index contributed by atoms with van der Waals surface area (Å²) in [7, 11) is 0. The number of alkyl halides is 3. The number of amides is 2. The van der Waals surface area contributed by atoms with Crippen molar-refractivity contribution in [1.29, 1.82) is 0 Å². The number of halogens is 4. The Morgan fingerprint density at radius 3 is 2.41 bits per heavy atom. The van der Waals surface area contributed by atoms with Crippen LogP contribution in [0.5, 0.6) is 0 Å². The Hall–Kier alpha value is -3.21. The first-order valence-corrected chi connectivity index (χ1v) is 11.8. The molecule has 2 aromatic rings. The summed E-state index contributed by atoms with van der Waals surface area (Å²) in [6.45, 7) is 7.00. The first kappa shape index (κ1) is 28.4. The summed E-state index contributed by atoms with van der Waals surface area (Å²) in [5.74, 6) is -1.40. The number of nitrogens with one attached hydrogen (secondary N) is 1. The minimum Gasteiger partial charge on any atom is -0.444 e. The number of hydrogen-bond donors (Lipinski definition) is 1. The highest BCUT2D eigenvalue weighted by atomic mass is 19.4. The minimum atomic E-state index is -4.57. The second-order valence-electron chi connectivity index (χ2n) is 10.3. The maximum atomic E-state index is 14.6. The van der Waals surface area contributed by atoms with E-state index in [-0.39, 0.29) is 24.1 Å². The second-order valence-corrected chi connectivity index (χ2v) is 10.3. The van der Waals surface area contributed by atoms with Gasteiger partial charge >= 0.3 is 12.3 Å². The summed E-state index contributed by atoms with van der Waals surface area (Å²) in [6.07, 6.45) is -4.54. The maximum absolute atomic E-state index is 14.6. The Bertz CT molecular complexity index is 1130. The van der Waals surface area contributed by atoms with Crippen LogP contribution in [0.25, 0.3) is 0 Å². The fraction of sp³-hybridized carbons (Fsp3) is 0.500. The van der Waals surface area contributed by atoms with Crippen LogP contribution in [0.3, 0.4) is 0 Å². The number of carbonyl (C=O) groups is 2. The molecule has 1 aliphatic rings. The Morgan fingerprint density at radius 1 is 1.11 bits per heavy atom. The Labute approximate surface area is 213 Å². The van der Waals surface area contributed by atoms with Crippen molar-refractivity contribution >= 4 is 12.0 Å². The van der Waals surface area contributed by atoms with E-state index in [0.717, 1.165) is 0 Å². The fourth-order valence-corrected chi connectivity index (χ4v) is 4.30. The lowest BCUT2D eigenvalue weighted by Crippen LogP contribution is -2.51. The molecule has 0 aliphatic carbocycles. The first-order chi connectivity index (χ1) is 17.1. The molecule has 7 nitrogen and oxygen atoms in total. The zero-order valence-electron chi connectivity index (χ0n) is 21.4. The summed E-state index contributed by atoms with van der Waals surface area (Å²) < 4.78 is 64.4. The van der Waals surface area contributed by atoms with Crippen molar-refractivity contribution < 1.29 is 36.6 Å². The smallest absolute Gasteiger partial charge is 0.412 e. The van der Waals surface area contributed by atoms with Gasteiger partial charge in [0, 0.05) is 12.6 Å². The number of pyridine rings is 1. The molecule has 202 valence electrons. The van der Waals surface area contributed by atoms with Crippen LogP contribution in [0.1, 0.15) is 56.2 Å². The van der Waals surface area contributed by atoms with E-state index in [9.17, 15) is 27.2 Å². The number of rotatable bonds is 6. The third kappa shape index (κ3) is 7.41. The topological polar surface area (TPSA) is 80.8 Å². The molecule has 1 fully saturated rings. The monoisotopic (exact) mass is 525 g/mol. The molecule has 1 saturated heterocycles. The maximum Gasteiger partial charge on any atom is 0.412 e. The van der Waals surface area contributed by atoms with Crippen molar-refractivity contribution in [3.8, 4) is 0 Å². The Balaban J connectivity index is 1.96. The molecule has 2 atom stereocenters. The third-order valence-corrected chi connectivity index (χ3v) is 5.74. The van der Waals surface area contributed by atoms with Crippen molar-refractivity contribution in [1.82, 2.24) is 15.2 Å². The summed E-state index contributed by atoms with van der Waals surface area (Å²) in [5.41, 5.74) is -1.49. The molecule has 1 N–H and O–H groups in total. The number of ether oxygens (including phenoxy) is 2. The molecule has 1 aliphatic heterocycles. The molecule has 0 saturated carbocycles.